The molecule has 0 saturated carbocycles. The molecule has 23 heavy (non-hydrogen) atoms. The third-order valence-electron chi connectivity index (χ3n) is 3.70. The molecule has 1 aromatic carbocycles. The maximum atomic E-state index is 12.5. The van der Waals surface area contributed by atoms with Gasteiger partial charge in [-0.1, -0.05) is 17.8 Å². The van der Waals surface area contributed by atoms with E-state index >= 15 is 0 Å². The number of anilines is 1. The number of aromatic nitrogens is 3. The third-order valence-corrected chi connectivity index (χ3v) is 4.67. The molecular formula is C16H12N4O2S. The van der Waals surface area contributed by atoms with Crippen LogP contribution in [0.2, 0.25) is 0 Å². The highest BCUT2D eigenvalue weighted by atomic mass is 32.2. The predicted molar refractivity (Wildman–Crippen MR) is 88.9 cm³/mol. The Morgan fingerprint density at radius 1 is 1.22 bits per heavy atom. The number of benzene rings is 1. The van der Waals surface area contributed by atoms with E-state index in [-0.39, 0.29) is 11.1 Å². The van der Waals surface area contributed by atoms with Crippen molar-refractivity contribution < 1.29 is 4.79 Å². The summed E-state index contributed by atoms with van der Waals surface area (Å²) < 4.78 is 1.55. The number of pyridine rings is 1. The number of thioether (sulfide) groups is 1. The Morgan fingerprint density at radius 3 is 3.04 bits per heavy atom. The van der Waals surface area contributed by atoms with Gasteiger partial charge in [-0.2, -0.15) is 0 Å². The minimum absolute atomic E-state index is 0.0529. The maximum Gasteiger partial charge on any atom is 0.267 e. The summed E-state index contributed by atoms with van der Waals surface area (Å²) in [6, 6.07) is 9.16. The molecule has 2 aromatic heterocycles. The Bertz CT molecular complexity index is 978. The molecule has 4 rings (SSSR count). The first-order chi connectivity index (χ1) is 11.2. The fourth-order valence-corrected chi connectivity index (χ4v) is 3.49. The average molecular weight is 324 g/mol. The summed E-state index contributed by atoms with van der Waals surface area (Å²) in [5, 5.41) is 4.29. The highest BCUT2D eigenvalue weighted by Crippen LogP contribution is 2.23. The highest BCUT2D eigenvalue weighted by molar-refractivity contribution is 7.99. The third kappa shape index (κ3) is 2.39. The van der Waals surface area contributed by atoms with Crippen molar-refractivity contribution in [2.75, 3.05) is 11.1 Å². The van der Waals surface area contributed by atoms with Gasteiger partial charge in [-0.05, 0) is 24.3 Å². The normalized spacial score (nSPS) is 13.0. The molecule has 6 nitrogen and oxygen atoms in total. The van der Waals surface area contributed by atoms with Crippen molar-refractivity contribution in [1.82, 2.24) is 14.5 Å². The second-order valence-corrected chi connectivity index (χ2v) is 6.15. The van der Waals surface area contributed by atoms with Crippen LogP contribution in [0.5, 0.6) is 0 Å². The SMILES string of the molecule is O=C(Nc1cccc2ncccc12)c1cnc2n(c1=O)CCS2. The largest absolute Gasteiger partial charge is 0.321 e. The molecule has 3 aromatic rings. The number of nitrogens with one attached hydrogen (secondary N) is 1. The van der Waals surface area contributed by atoms with Crippen LogP contribution < -0.4 is 10.9 Å². The number of hydrogen-bond acceptors (Lipinski definition) is 5. The molecule has 0 bridgehead atoms. The fraction of sp³-hybridized carbons (Fsp3) is 0.125. The van der Waals surface area contributed by atoms with Gasteiger partial charge in [-0.3, -0.25) is 19.1 Å². The van der Waals surface area contributed by atoms with Crippen LogP contribution in [-0.4, -0.2) is 26.2 Å². The molecule has 114 valence electrons. The van der Waals surface area contributed by atoms with Gasteiger partial charge in [0.05, 0.1) is 11.2 Å². The van der Waals surface area contributed by atoms with E-state index in [2.05, 4.69) is 15.3 Å². The molecule has 7 heteroatoms. The van der Waals surface area contributed by atoms with Crippen LogP contribution in [0, 0.1) is 0 Å². The van der Waals surface area contributed by atoms with Crippen LogP contribution in [0.3, 0.4) is 0 Å². The molecule has 0 saturated heterocycles. The van der Waals surface area contributed by atoms with Gasteiger partial charge in [0.1, 0.15) is 5.56 Å². The molecule has 3 heterocycles. The summed E-state index contributed by atoms with van der Waals surface area (Å²) in [7, 11) is 0. The standard InChI is InChI=1S/C16H12N4O2S/c21-14(11-9-18-16-20(15(11)22)7-8-23-16)19-13-5-1-4-12-10(13)3-2-6-17-12/h1-6,9H,7-8H2,(H,19,21). The van der Waals surface area contributed by atoms with Crippen LogP contribution in [0.1, 0.15) is 10.4 Å². The monoisotopic (exact) mass is 324 g/mol. The topological polar surface area (TPSA) is 76.9 Å². The summed E-state index contributed by atoms with van der Waals surface area (Å²) in [5.74, 6) is 0.355. The predicted octanol–water partition coefficient (Wildman–Crippen LogP) is 2.15. The lowest BCUT2D eigenvalue weighted by Gasteiger charge is -2.09. The zero-order valence-corrected chi connectivity index (χ0v) is 12.8. The van der Waals surface area contributed by atoms with Gasteiger partial charge < -0.3 is 5.32 Å². The molecule has 0 unspecified atom stereocenters. The maximum absolute atomic E-state index is 12.5. The quantitative estimate of drug-likeness (QED) is 0.731. The molecule has 1 N–H and O–H groups in total. The fourth-order valence-electron chi connectivity index (χ4n) is 2.58. The van der Waals surface area contributed by atoms with Crippen molar-refractivity contribution >= 4 is 34.3 Å². The Balaban J connectivity index is 1.72. The minimum atomic E-state index is -0.453. The molecule has 0 spiro atoms. The van der Waals surface area contributed by atoms with Gasteiger partial charge in [-0.15, -0.1) is 0 Å². The van der Waals surface area contributed by atoms with E-state index in [1.165, 1.54) is 18.0 Å². The first-order valence-electron chi connectivity index (χ1n) is 7.12. The van der Waals surface area contributed by atoms with Crippen molar-refractivity contribution in [3.8, 4) is 0 Å². The average Bonchev–Trinajstić information content (AvgIpc) is 3.05. The Labute approximate surface area is 135 Å². The van der Waals surface area contributed by atoms with E-state index in [0.717, 1.165) is 16.7 Å². The number of carbonyl (C=O) groups is 1. The van der Waals surface area contributed by atoms with Crippen molar-refractivity contribution in [1.29, 1.82) is 0 Å². The highest BCUT2D eigenvalue weighted by Gasteiger charge is 2.20. The minimum Gasteiger partial charge on any atom is -0.321 e. The van der Waals surface area contributed by atoms with Crippen molar-refractivity contribution in [2.24, 2.45) is 0 Å². The zero-order valence-electron chi connectivity index (χ0n) is 12.0. The lowest BCUT2D eigenvalue weighted by atomic mass is 10.1. The molecule has 1 amide bonds. The summed E-state index contributed by atoms with van der Waals surface area (Å²) >= 11 is 1.52. The Morgan fingerprint density at radius 2 is 2.13 bits per heavy atom. The van der Waals surface area contributed by atoms with Gasteiger partial charge in [0, 0.05) is 30.1 Å². The van der Waals surface area contributed by atoms with Crippen molar-refractivity contribution in [3.05, 3.63) is 58.6 Å². The van der Waals surface area contributed by atoms with E-state index in [1.807, 2.05) is 18.2 Å². The number of rotatable bonds is 2. The van der Waals surface area contributed by atoms with Crippen LogP contribution in [0.25, 0.3) is 10.9 Å². The Hall–Kier alpha value is -2.67. The molecule has 0 fully saturated rings. The van der Waals surface area contributed by atoms with Crippen molar-refractivity contribution in [3.63, 3.8) is 0 Å². The first kappa shape index (κ1) is 14.0. The first-order valence-corrected chi connectivity index (χ1v) is 8.10. The lowest BCUT2D eigenvalue weighted by molar-refractivity contribution is 0.102. The lowest BCUT2D eigenvalue weighted by Crippen LogP contribution is -2.29. The Kier molecular flexibility index (Phi) is 3.34. The van der Waals surface area contributed by atoms with Crippen LogP contribution in [0.4, 0.5) is 5.69 Å². The van der Waals surface area contributed by atoms with Gasteiger partial charge in [0.15, 0.2) is 5.16 Å². The number of amides is 1. The van der Waals surface area contributed by atoms with Crippen LogP contribution in [0.15, 0.2) is 52.7 Å². The molecule has 1 aliphatic heterocycles. The molecule has 0 aliphatic carbocycles. The van der Waals surface area contributed by atoms with E-state index in [4.69, 9.17) is 0 Å². The van der Waals surface area contributed by atoms with E-state index in [0.29, 0.717) is 17.4 Å². The van der Waals surface area contributed by atoms with Gasteiger partial charge in [0.2, 0.25) is 0 Å². The van der Waals surface area contributed by atoms with Gasteiger partial charge in [0.25, 0.3) is 11.5 Å². The number of hydrogen-bond donors (Lipinski definition) is 1. The molecule has 1 aliphatic rings. The zero-order chi connectivity index (χ0) is 15.8. The van der Waals surface area contributed by atoms with Gasteiger partial charge in [-0.25, -0.2) is 4.98 Å². The molecule has 0 atom stereocenters. The summed E-state index contributed by atoms with van der Waals surface area (Å²) in [6.07, 6.45) is 3.05. The van der Waals surface area contributed by atoms with Gasteiger partial charge >= 0.3 is 0 Å². The summed E-state index contributed by atoms with van der Waals surface area (Å²) in [4.78, 5) is 33.3. The summed E-state index contributed by atoms with van der Waals surface area (Å²) in [5.41, 5.74) is 1.17. The number of carbonyl (C=O) groups excluding carboxylic acids is 1. The second-order valence-electron chi connectivity index (χ2n) is 5.09. The van der Waals surface area contributed by atoms with E-state index < -0.39 is 5.91 Å². The van der Waals surface area contributed by atoms with E-state index in [1.54, 1.807) is 22.9 Å². The van der Waals surface area contributed by atoms with Crippen LogP contribution in [-0.2, 0) is 6.54 Å². The van der Waals surface area contributed by atoms with Crippen LogP contribution >= 0.6 is 11.8 Å². The smallest absolute Gasteiger partial charge is 0.267 e. The number of fused-ring (bicyclic) bond motifs is 2. The molecule has 0 radical (unpaired) electrons. The van der Waals surface area contributed by atoms with E-state index in [9.17, 15) is 9.59 Å². The molecular weight excluding hydrogens is 312 g/mol. The number of nitrogens with zero attached hydrogens (tertiary/aromatic N) is 3. The van der Waals surface area contributed by atoms with Crippen molar-refractivity contribution in [2.45, 2.75) is 11.7 Å². The second kappa shape index (κ2) is 5.51. The summed E-state index contributed by atoms with van der Waals surface area (Å²) in [6.45, 7) is 0.588.